The summed E-state index contributed by atoms with van der Waals surface area (Å²) in [6.07, 6.45) is 1.88. The topological polar surface area (TPSA) is 56.8 Å². The van der Waals surface area contributed by atoms with Gasteiger partial charge in [0.1, 0.15) is 11.0 Å². The summed E-state index contributed by atoms with van der Waals surface area (Å²) in [5.41, 5.74) is 1.78. The summed E-state index contributed by atoms with van der Waals surface area (Å²) in [6, 6.07) is 0.567. The molecule has 2 aromatic heterocycles. The Bertz CT molecular complexity index is 647. The van der Waals surface area contributed by atoms with Crippen molar-refractivity contribution in [3.05, 3.63) is 16.0 Å². The zero-order valence-electron chi connectivity index (χ0n) is 10.3. The Morgan fingerprint density at radius 1 is 1.37 bits per heavy atom. The molecule has 2 aliphatic rings. The highest BCUT2D eigenvalue weighted by atomic mass is 79.9. The third-order valence-electron chi connectivity index (χ3n) is 4.26. The molecule has 2 aromatic rings. The molecule has 7 heteroatoms. The summed E-state index contributed by atoms with van der Waals surface area (Å²) >= 11 is 9.52. The maximum Gasteiger partial charge on any atom is 0.225 e. The van der Waals surface area contributed by atoms with E-state index in [0.717, 1.165) is 46.2 Å². The number of aromatic amines is 1. The molecule has 3 atom stereocenters. The molecule has 3 heterocycles. The molecule has 19 heavy (non-hydrogen) atoms. The third kappa shape index (κ3) is 1.70. The molecule has 2 N–H and O–H groups in total. The fourth-order valence-corrected chi connectivity index (χ4v) is 3.85. The predicted octanol–water partition coefficient (Wildman–Crippen LogP) is 2.03. The molecule has 0 amide bonds. The molecule has 100 valence electrons. The van der Waals surface area contributed by atoms with Crippen LogP contribution in [-0.4, -0.2) is 41.1 Å². The van der Waals surface area contributed by atoms with Crippen molar-refractivity contribution in [2.75, 3.05) is 25.0 Å². The quantitative estimate of drug-likeness (QED) is 0.820. The van der Waals surface area contributed by atoms with Gasteiger partial charge in [-0.1, -0.05) is 0 Å². The normalized spacial score (nSPS) is 28.7. The van der Waals surface area contributed by atoms with E-state index in [9.17, 15) is 0 Å². The standard InChI is InChI=1S/C12H13BrClN5/c1-19(10-5-2-15-3-6(5)10)11-9-8(7(13)4-16-9)17-12(14)18-11/h4-6,10,15-16H,2-3H2,1H3/t5-,6+,10?. The van der Waals surface area contributed by atoms with Crippen molar-refractivity contribution in [1.82, 2.24) is 20.3 Å². The van der Waals surface area contributed by atoms with Crippen LogP contribution in [0.2, 0.25) is 5.28 Å². The SMILES string of the molecule is CN(c1nc(Cl)nc2c(Br)c[nH]c12)C1[C@H]2CNC[C@@H]12. The van der Waals surface area contributed by atoms with Crippen LogP contribution < -0.4 is 10.2 Å². The number of hydrogen-bond donors (Lipinski definition) is 2. The van der Waals surface area contributed by atoms with Gasteiger partial charge in [0, 0.05) is 32.4 Å². The van der Waals surface area contributed by atoms with E-state index in [4.69, 9.17) is 11.6 Å². The van der Waals surface area contributed by atoms with Crippen molar-refractivity contribution in [1.29, 1.82) is 0 Å². The summed E-state index contributed by atoms with van der Waals surface area (Å²) in [5.74, 6) is 2.37. The lowest BCUT2D eigenvalue weighted by Gasteiger charge is -2.21. The number of anilines is 1. The molecule has 2 fully saturated rings. The van der Waals surface area contributed by atoms with Crippen molar-refractivity contribution in [3.63, 3.8) is 0 Å². The fraction of sp³-hybridized carbons (Fsp3) is 0.500. The van der Waals surface area contributed by atoms with Gasteiger partial charge in [0.05, 0.1) is 4.47 Å². The van der Waals surface area contributed by atoms with E-state index in [1.807, 2.05) is 6.20 Å². The van der Waals surface area contributed by atoms with Crippen molar-refractivity contribution >= 4 is 44.4 Å². The van der Waals surface area contributed by atoms with Crippen molar-refractivity contribution in [3.8, 4) is 0 Å². The second-order valence-corrected chi connectivity index (χ2v) is 6.46. The number of nitrogens with zero attached hydrogens (tertiary/aromatic N) is 3. The first-order chi connectivity index (χ1) is 9.16. The van der Waals surface area contributed by atoms with Gasteiger partial charge < -0.3 is 15.2 Å². The first kappa shape index (κ1) is 11.9. The van der Waals surface area contributed by atoms with Crippen molar-refractivity contribution in [2.24, 2.45) is 11.8 Å². The van der Waals surface area contributed by atoms with Crippen LogP contribution in [0.1, 0.15) is 0 Å². The number of halogens is 2. The van der Waals surface area contributed by atoms with Crippen LogP contribution in [0.15, 0.2) is 10.7 Å². The minimum atomic E-state index is 0.290. The Balaban J connectivity index is 1.78. The maximum atomic E-state index is 6.05. The molecule has 0 bridgehead atoms. The van der Waals surface area contributed by atoms with E-state index in [-0.39, 0.29) is 0 Å². The highest BCUT2D eigenvalue weighted by molar-refractivity contribution is 9.10. The minimum absolute atomic E-state index is 0.290. The van der Waals surface area contributed by atoms with Crippen molar-refractivity contribution < 1.29 is 0 Å². The number of H-pyrrole nitrogens is 1. The molecule has 0 spiro atoms. The second kappa shape index (κ2) is 4.07. The molecule has 0 radical (unpaired) electrons. The lowest BCUT2D eigenvalue weighted by Crippen LogP contribution is -2.30. The summed E-state index contributed by atoms with van der Waals surface area (Å²) < 4.78 is 0.916. The Kier molecular flexibility index (Phi) is 2.56. The molecule has 1 aliphatic heterocycles. The van der Waals surface area contributed by atoms with Gasteiger partial charge in [0.15, 0.2) is 5.82 Å². The Labute approximate surface area is 123 Å². The lowest BCUT2D eigenvalue weighted by molar-refractivity contribution is 0.651. The summed E-state index contributed by atoms with van der Waals surface area (Å²) in [5, 5.41) is 3.70. The van der Waals surface area contributed by atoms with Crippen LogP contribution >= 0.6 is 27.5 Å². The Morgan fingerprint density at radius 3 is 2.84 bits per heavy atom. The summed E-state index contributed by atoms with van der Waals surface area (Å²) in [7, 11) is 2.09. The number of nitrogens with one attached hydrogen (secondary N) is 2. The van der Waals surface area contributed by atoms with E-state index in [0.29, 0.717) is 11.3 Å². The van der Waals surface area contributed by atoms with Crippen LogP contribution in [0.3, 0.4) is 0 Å². The average Bonchev–Trinajstić information content (AvgIpc) is 2.74. The predicted molar refractivity (Wildman–Crippen MR) is 78.6 cm³/mol. The third-order valence-corrected chi connectivity index (χ3v) is 5.03. The first-order valence-electron chi connectivity index (χ1n) is 6.30. The molecular formula is C12H13BrClN5. The summed E-state index contributed by atoms with van der Waals surface area (Å²) in [6.45, 7) is 2.21. The highest BCUT2D eigenvalue weighted by Gasteiger charge is 2.55. The van der Waals surface area contributed by atoms with Crippen molar-refractivity contribution in [2.45, 2.75) is 6.04 Å². The fourth-order valence-electron chi connectivity index (χ4n) is 3.29. The Morgan fingerprint density at radius 2 is 2.11 bits per heavy atom. The van der Waals surface area contributed by atoms with Gasteiger partial charge in [0.2, 0.25) is 5.28 Å². The first-order valence-corrected chi connectivity index (χ1v) is 7.47. The van der Waals surface area contributed by atoms with Gasteiger partial charge in [-0.05, 0) is 39.4 Å². The van der Waals surface area contributed by atoms with E-state index >= 15 is 0 Å². The van der Waals surface area contributed by atoms with Gasteiger partial charge >= 0.3 is 0 Å². The Hall–Kier alpha value is -0.850. The minimum Gasteiger partial charge on any atom is -0.356 e. The molecule has 5 nitrogen and oxygen atoms in total. The van der Waals surface area contributed by atoms with Gasteiger partial charge in [-0.25, -0.2) is 4.98 Å². The van der Waals surface area contributed by atoms with Crippen LogP contribution in [0.5, 0.6) is 0 Å². The zero-order valence-corrected chi connectivity index (χ0v) is 12.7. The molecule has 1 unspecified atom stereocenters. The maximum absolute atomic E-state index is 6.05. The smallest absolute Gasteiger partial charge is 0.225 e. The zero-order chi connectivity index (χ0) is 13.1. The molecular weight excluding hydrogens is 330 g/mol. The number of aromatic nitrogens is 3. The lowest BCUT2D eigenvalue weighted by atomic mass is 10.3. The molecule has 0 aromatic carbocycles. The van der Waals surface area contributed by atoms with E-state index < -0.39 is 0 Å². The average molecular weight is 343 g/mol. The van der Waals surface area contributed by atoms with Gasteiger partial charge in [0.25, 0.3) is 0 Å². The number of hydrogen-bond acceptors (Lipinski definition) is 4. The van der Waals surface area contributed by atoms with Crippen LogP contribution in [0, 0.1) is 11.8 Å². The van der Waals surface area contributed by atoms with E-state index in [2.05, 4.69) is 48.1 Å². The van der Waals surface area contributed by atoms with E-state index in [1.54, 1.807) is 0 Å². The second-order valence-electron chi connectivity index (χ2n) is 5.26. The summed E-state index contributed by atoms with van der Waals surface area (Å²) in [4.78, 5) is 14.1. The van der Waals surface area contributed by atoms with Gasteiger partial charge in [-0.15, -0.1) is 0 Å². The molecule has 1 saturated heterocycles. The van der Waals surface area contributed by atoms with Crippen LogP contribution in [0.25, 0.3) is 11.0 Å². The number of rotatable bonds is 2. The molecule has 1 saturated carbocycles. The van der Waals surface area contributed by atoms with E-state index in [1.165, 1.54) is 0 Å². The molecule has 4 rings (SSSR count). The highest BCUT2D eigenvalue weighted by Crippen LogP contribution is 2.47. The van der Waals surface area contributed by atoms with Gasteiger partial charge in [-0.2, -0.15) is 4.98 Å². The van der Waals surface area contributed by atoms with Crippen LogP contribution in [-0.2, 0) is 0 Å². The largest absolute Gasteiger partial charge is 0.356 e. The number of fused-ring (bicyclic) bond motifs is 2. The monoisotopic (exact) mass is 341 g/mol. The molecule has 1 aliphatic carbocycles. The van der Waals surface area contributed by atoms with Crippen LogP contribution in [0.4, 0.5) is 5.82 Å². The number of piperidine rings is 1. The van der Waals surface area contributed by atoms with Gasteiger partial charge in [-0.3, -0.25) is 0 Å².